The smallest absolute Gasteiger partial charge is 0.0540 e. The summed E-state index contributed by atoms with van der Waals surface area (Å²) in [6, 6.07) is 9.35. The van der Waals surface area contributed by atoms with Crippen LogP contribution >= 0.6 is 0 Å². The fourth-order valence-electron chi connectivity index (χ4n) is 2.76. The number of hydrogen-bond donors (Lipinski definition) is 1. The maximum atomic E-state index is 5.97. The van der Waals surface area contributed by atoms with E-state index >= 15 is 0 Å². The SMILES string of the molecule is CCc1ccc(N2CC(C)(C)N(C)CC2CN)cc1. The highest BCUT2D eigenvalue weighted by Gasteiger charge is 2.36. The van der Waals surface area contributed by atoms with E-state index in [1.54, 1.807) is 0 Å². The second kappa shape index (κ2) is 5.51. The lowest BCUT2D eigenvalue weighted by Gasteiger charge is -2.50. The lowest BCUT2D eigenvalue weighted by Crippen LogP contribution is -2.64. The van der Waals surface area contributed by atoms with E-state index in [2.05, 4.69) is 61.9 Å². The van der Waals surface area contributed by atoms with Crippen LogP contribution in [-0.4, -0.2) is 43.2 Å². The van der Waals surface area contributed by atoms with Gasteiger partial charge >= 0.3 is 0 Å². The van der Waals surface area contributed by atoms with Gasteiger partial charge in [0.2, 0.25) is 0 Å². The fourth-order valence-corrected chi connectivity index (χ4v) is 2.76. The third-order valence-electron chi connectivity index (χ3n) is 4.46. The van der Waals surface area contributed by atoms with Gasteiger partial charge in [0.1, 0.15) is 0 Å². The highest BCUT2D eigenvalue weighted by atomic mass is 15.3. The van der Waals surface area contributed by atoms with Crippen molar-refractivity contribution in [3.05, 3.63) is 29.8 Å². The number of aryl methyl sites for hydroxylation is 1. The molecule has 1 atom stereocenters. The Bertz CT molecular complexity index is 411. The van der Waals surface area contributed by atoms with Gasteiger partial charge in [0.15, 0.2) is 0 Å². The van der Waals surface area contributed by atoms with Crippen LogP contribution in [0.3, 0.4) is 0 Å². The monoisotopic (exact) mass is 261 g/mol. The largest absolute Gasteiger partial charge is 0.364 e. The minimum atomic E-state index is 0.190. The predicted octanol–water partition coefficient (Wildman–Crippen LogP) is 2.11. The molecule has 1 fully saturated rings. The lowest BCUT2D eigenvalue weighted by molar-refractivity contribution is 0.116. The molecule has 0 aromatic heterocycles. The lowest BCUT2D eigenvalue weighted by atomic mass is 9.95. The summed E-state index contributed by atoms with van der Waals surface area (Å²) in [5, 5.41) is 0. The van der Waals surface area contributed by atoms with Gasteiger partial charge in [0.05, 0.1) is 6.04 Å². The van der Waals surface area contributed by atoms with Gasteiger partial charge in [0, 0.05) is 30.9 Å². The summed E-state index contributed by atoms with van der Waals surface area (Å²) >= 11 is 0. The van der Waals surface area contributed by atoms with Crippen LogP contribution in [0, 0.1) is 0 Å². The molecule has 1 unspecified atom stereocenters. The zero-order chi connectivity index (χ0) is 14.0. The summed E-state index contributed by atoms with van der Waals surface area (Å²) in [5.41, 5.74) is 8.85. The summed E-state index contributed by atoms with van der Waals surface area (Å²) in [4.78, 5) is 4.89. The maximum Gasteiger partial charge on any atom is 0.0540 e. The van der Waals surface area contributed by atoms with Crippen LogP contribution in [0.1, 0.15) is 26.3 Å². The zero-order valence-electron chi connectivity index (χ0n) is 12.7. The average Bonchev–Trinajstić information content (AvgIpc) is 2.41. The number of hydrogen-bond acceptors (Lipinski definition) is 3. The van der Waals surface area contributed by atoms with E-state index in [1.165, 1.54) is 11.3 Å². The molecule has 19 heavy (non-hydrogen) atoms. The maximum absolute atomic E-state index is 5.97. The van der Waals surface area contributed by atoms with Gasteiger partial charge in [-0.3, -0.25) is 4.90 Å². The molecule has 2 rings (SSSR count). The Balaban J connectivity index is 2.24. The van der Waals surface area contributed by atoms with Crippen LogP contribution in [0.2, 0.25) is 0 Å². The molecule has 106 valence electrons. The summed E-state index contributed by atoms with van der Waals surface area (Å²) in [5.74, 6) is 0. The molecule has 0 amide bonds. The first-order chi connectivity index (χ1) is 8.97. The van der Waals surface area contributed by atoms with Crippen molar-refractivity contribution in [3.8, 4) is 0 Å². The first kappa shape index (κ1) is 14.4. The van der Waals surface area contributed by atoms with Crippen LogP contribution in [0.5, 0.6) is 0 Å². The number of piperazine rings is 1. The van der Waals surface area contributed by atoms with Crippen LogP contribution in [0.15, 0.2) is 24.3 Å². The molecule has 1 aliphatic heterocycles. The number of benzene rings is 1. The summed E-state index contributed by atoms with van der Waals surface area (Å²) in [6.07, 6.45) is 1.09. The van der Waals surface area contributed by atoms with Crippen LogP contribution in [0.4, 0.5) is 5.69 Å². The Morgan fingerprint density at radius 2 is 1.89 bits per heavy atom. The molecule has 2 N–H and O–H groups in total. The molecule has 1 aromatic carbocycles. The fraction of sp³-hybridized carbons (Fsp3) is 0.625. The van der Waals surface area contributed by atoms with Crippen molar-refractivity contribution in [3.63, 3.8) is 0 Å². The van der Waals surface area contributed by atoms with E-state index in [9.17, 15) is 0 Å². The van der Waals surface area contributed by atoms with Crippen LogP contribution < -0.4 is 10.6 Å². The number of anilines is 1. The Morgan fingerprint density at radius 1 is 1.26 bits per heavy atom. The first-order valence-electron chi connectivity index (χ1n) is 7.25. The Kier molecular flexibility index (Phi) is 4.16. The molecule has 1 saturated heterocycles. The van der Waals surface area contributed by atoms with Gasteiger partial charge in [-0.15, -0.1) is 0 Å². The number of likely N-dealkylation sites (N-methyl/N-ethyl adjacent to an activating group) is 1. The normalized spacial score (nSPS) is 23.6. The molecular formula is C16H27N3. The standard InChI is InChI=1S/C16H27N3/c1-5-13-6-8-14(9-7-13)19-12-16(2,3)18(4)11-15(19)10-17/h6-9,15H,5,10-12,17H2,1-4H3. The minimum Gasteiger partial charge on any atom is -0.364 e. The molecule has 3 heteroatoms. The molecule has 0 aliphatic carbocycles. The highest BCUT2D eigenvalue weighted by molar-refractivity contribution is 5.50. The zero-order valence-corrected chi connectivity index (χ0v) is 12.7. The van der Waals surface area contributed by atoms with E-state index in [4.69, 9.17) is 5.73 Å². The predicted molar refractivity (Wildman–Crippen MR) is 82.7 cm³/mol. The molecule has 1 aromatic rings. The highest BCUT2D eigenvalue weighted by Crippen LogP contribution is 2.28. The van der Waals surface area contributed by atoms with Gasteiger partial charge in [-0.1, -0.05) is 19.1 Å². The Hall–Kier alpha value is -1.06. The minimum absolute atomic E-state index is 0.190. The van der Waals surface area contributed by atoms with Gasteiger partial charge in [-0.25, -0.2) is 0 Å². The quantitative estimate of drug-likeness (QED) is 0.904. The van der Waals surface area contributed by atoms with Crippen LogP contribution in [0.25, 0.3) is 0 Å². The van der Waals surface area contributed by atoms with Gasteiger partial charge in [-0.2, -0.15) is 0 Å². The topological polar surface area (TPSA) is 32.5 Å². The second-order valence-corrected chi connectivity index (χ2v) is 6.23. The third kappa shape index (κ3) is 2.93. The Labute approximate surface area is 117 Å². The number of nitrogens with two attached hydrogens (primary N) is 1. The second-order valence-electron chi connectivity index (χ2n) is 6.23. The van der Waals surface area contributed by atoms with Crippen molar-refractivity contribution in [1.29, 1.82) is 0 Å². The van der Waals surface area contributed by atoms with E-state index < -0.39 is 0 Å². The van der Waals surface area contributed by atoms with Crippen LogP contribution in [-0.2, 0) is 6.42 Å². The van der Waals surface area contributed by atoms with Crippen molar-refractivity contribution >= 4 is 5.69 Å². The van der Waals surface area contributed by atoms with E-state index in [-0.39, 0.29) is 5.54 Å². The van der Waals surface area contributed by atoms with Crippen molar-refractivity contribution in [2.45, 2.75) is 38.8 Å². The van der Waals surface area contributed by atoms with E-state index in [0.717, 1.165) is 19.5 Å². The Morgan fingerprint density at radius 3 is 2.42 bits per heavy atom. The third-order valence-corrected chi connectivity index (χ3v) is 4.46. The molecule has 0 bridgehead atoms. The molecule has 1 aliphatic rings. The van der Waals surface area contributed by atoms with Gasteiger partial charge in [-0.05, 0) is 45.0 Å². The van der Waals surface area contributed by atoms with Crippen molar-refractivity contribution < 1.29 is 0 Å². The number of nitrogens with zero attached hydrogens (tertiary/aromatic N) is 2. The molecule has 1 heterocycles. The summed E-state index contributed by atoms with van der Waals surface area (Å²) in [6.45, 7) is 9.54. The van der Waals surface area contributed by atoms with E-state index in [1.807, 2.05) is 0 Å². The van der Waals surface area contributed by atoms with Crippen molar-refractivity contribution in [1.82, 2.24) is 4.90 Å². The van der Waals surface area contributed by atoms with Gasteiger partial charge in [0.25, 0.3) is 0 Å². The average molecular weight is 261 g/mol. The summed E-state index contributed by atoms with van der Waals surface area (Å²) in [7, 11) is 2.19. The van der Waals surface area contributed by atoms with E-state index in [0.29, 0.717) is 12.6 Å². The molecule has 3 nitrogen and oxygen atoms in total. The molecular weight excluding hydrogens is 234 g/mol. The summed E-state index contributed by atoms with van der Waals surface area (Å²) < 4.78 is 0. The van der Waals surface area contributed by atoms with Crippen molar-refractivity contribution in [2.75, 3.05) is 31.6 Å². The van der Waals surface area contributed by atoms with Crippen molar-refractivity contribution in [2.24, 2.45) is 5.73 Å². The molecule has 0 spiro atoms. The number of rotatable bonds is 3. The molecule has 0 saturated carbocycles. The first-order valence-corrected chi connectivity index (χ1v) is 7.25. The molecule has 0 radical (unpaired) electrons. The van der Waals surface area contributed by atoms with Gasteiger partial charge < -0.3 is 10.6 Å².